The van der Waals surface area contributed by atoms with Gasteiger partial charge in [0, 0.05) is 5.56 Å². The summed E-state index contributed by atoms with van der Waals surface area (Å²) in [5.74, 6) is -6.24. The Balaban J connectivity index is 2.82. The van der Waals surface area contributed by atoms with E-state index >= 15 is 0 Å². The van der Waals surface area contributed by atoms with Crippen LogP contribution in [0.25, 0.3) is 0 Å². The van der Waals surface area contributed by atoms with Crippen LogP contribution >= 0.6 is 0 Å². The van der Waals surface area contributed by atoms with E-state index in [9.17, 15) is 26.7 Å². The summed E-state index contributed by atoms with van der Waals surface area (Å²) in [6.45, 7) is 0. The van der Waals surface area contributed by atoms with Crippen molar-refractivity contribution in [3.8, 4) is 0 Å². The van der Waals surface area contributed by atoms with Crippen LogP contribution < -0.4 is 5.73 Å². The molecule has 0 saturated carbocycles. The van der Waals surface area contributed by atoms with Crippen LogP contribution in [-0.2, 0) is 9.63 Å². The number of carbonyl (C=O) groups excluding carboxylic acids is 1. The van der Waals surface area contributed by atoms with E-state index in [1.54, 1.807) is 6.07 Å². The maximum atomic E-state index is 12.5. The highest BCUT2D eigenvalue weighted by molar-refractivity contribution is 5.80. The fourth-order valence-corrected chi connectivity index (χ4v) is 1.14. The van der Waals surface area contributed by atoms with E-state index in [1.807, 2.05) is 0 Å². The van der Waals surface area contributed by atoms with Crippen molar-refractivity contribution >= 4 is 12.1 Å². The summed E-state index contributed by atoms with van der Waals surface area (Å²) in [6, 6.07) is 7.37. The molecule has 1 rings (SSSR count). The lowest BCUT2D eigenvalue weighted by atomic mass is 10.1. The first-order valence-electron chi connectivity index (χ1n) is 5.14. The number of primary amides is 1. The zero-order chi connectivity index (χ0) is 15.4. The highest BCUT2D eigenvalue weighted by atomic mass is 19.4. The summed E-state index contributed by atoms with van der Waals surface area (Å²) in [4.78, 5) is 15.4. The van der Waals surface area contributed by atoms with Crippen LogP contribution in [0.4, 0.5) is 22.0 Å². The summed E-state index contributed by atoms with van der Waals surface area (Å²) in [5.41, 5.74) is 5.13. The average molecular weight is 296 g/mol. The van der Waals surface area contributed by atoms with Crippen LogP contribution in [0.15, 0.2) is 35.5 Å². The van der Waals surface area contributed by atoms with Crippen LogP contribution in [0.2, 0.25) is 0 Å². The van der Waals surface area contributed by atoms with Gasteiger partial charge in [0.1, 0.15) is 6.21 Å². The first-order valence-corrected chi connectivity index (χ1v) is 5.14. The summed E-state index contributed by atoms with van der Waals surface area (Å²) in [7, 11) is 0. The number of halogens is 5. The summed E-state index contributed by atoms with van der Waals surface area (Å²) >= 11 is 0. The monoisotopic (exact) mass is 296 g/mol. The second kappa shape index (κ2) is 5.85. The minimum Gasteiger partial charge on any atom is -0.378 e. The maximum absolute atomic E-state index is 12.5. The molecular formula is C11H9F5N2O2. The molecule has 0 aliphatic heterocycles. The lowest BCUT2D eigenvalue weighted by molar-refractivity contribution is -0.247. The number of nitrogens with two attached hydrogens (primary N) is 1. The van der Waals surface area contributed by atoms with Gasteiger partial charge < -0.3 is 10.6 Å². The SMILES string of the molecule is NC(=O)C(ON=CC(F)(F)C(F)(F)F)c1ccccc1. The molecule has 0 aromatic heterocycles. The molecule has 1 atom stereocenters. The third kappa shape index (κ3) is 3.90. The number of hydrogen-bond acceptors (Lipinski definition) is 3. The van der Waals surface area contributed by atoms with Gasteiger partial charge in [-0.05, 0) is 0 Å². The number of carbonyl (C=O) groups is 1. The fourth-order valence-electron chi connectivity index (χ4n) is 1.14. The molecule has 0 bridgehead atoms. The second-order valence-corrected chi connectivity index (χ2v) is 3.65. The van der Waals surface area contributed by atoms with Crippen molar-refractivity contribution in [2.24, 2.45) is 10.9 Å². The van der Waals surface area contributed by atoms with E-state index in [0.717, 1.165) is 0 Å². The third-order valence-electron chi connectivity index (χ3n) is 2.12. The number of amides is 1. The molecule has 1 aromatic carbocycles. The van der Waals surface area contributed by atoms with Crippen LogP contribution in [0.5, 0.6) is 0 Å². The van der Waals surface area contributed by atoms with Crippen LogP contribution in [0.3, 0.4) is 0 Å². The Kier molecular flexibility index (Phi) is 4.64. The van der Waals surface area contributed by atoms with Crippen molar-refractivity contribution in [2.45, 2.75) is 18.2 Å². The molecule has 0 radical (unpaired) electrons. The van der Waals surface area contributed by atoms with Gasteiger partial charge in [0.2, 0.25) is 6.10 Å². The zero-order valence-corrected chi connectivity index (χ0v) is 9.77. The second-order valence-electron chi connectivity index (χ2n) is 3.65. The number of alkyl halides is 5. The molecule has 0 aliphatic rings. The number of hydrogen-bond donors (Lipinski definition) is 1. The number of benzene rings is 1. The molecule has 2 N–H and O–H groups in total. The summed E-state index contributed by atoms with van der Waals surface area (Å²) in [5, 5.41) is 2.51. The molecule has 4 nitrogen and oxygen atoms in total. The van der Waals surface area contributed by atoms with Gasteiger partial charge in [0.05, 0.1) is 0 Å². The van der Waals surface area contributed by atoms with Gasteiger partial charge in [-0.1, -0.05) is 35.5 Å². The highest BCUT2D eigenvalue weighted by Crippen LogP contribution is 2.33. The fraction of sp³-hybridized carbons (Fsp3) is 0.273. The predicted molar refractivity (Wildman–Crippen MR) is 59.0 cm³/mol. The Morgan fingerprint density at radius 1 is 1.20 bits per heavy atom. The van der Waals surface area contributed by atoms with Gasteiger partial charge in [-0.25, -0.2) is 0 Å². The highest BCUT2D eigenvalue weighted by Gasteiger charge is 2.56. The lowest BCUT2D eigenvalue weighted by Gasteiger charge is -2.15. The van der Waals surface area contributed by atoms with E-state index in [0.29, 0.717) is 0 Å². The maximum Gasteiger partial charge on any atom is 0.459 e. The molecule has 1 aromatic rings. The molecule has 20 heavy (non-hydrogen) atoms. The average Bonchev–Trinajstić information content (AvgIpc) is 2.34. The Bertz CT molecular complexity index is 487. The smallest absolute Gasteiger partial charge is 0.378 e. The van der Waals surface area contributed by atoms with Gasteiger partial charge in [-0.15, -0.1) is 0 Å². The molecular weight excluding hydrogens is 287 g/mol. The van der Waals surface area contributed by atoms with E-state index in [1.165, 1.54) is 24.3 Å². The standard InChI is InChI=1S/C11H9F5N2O2/c12-10(13,11(14,15)16)6-18-20-8(9(17)19)7-4-2-1-3-5-7/h1-6,8H,(H2,17,19). The van der Waals surface area contributed by atoms with E-state index in [-0.39, 0.29) is 5.56 Å². The Morgan fingerprint density at radius 3 is 2.20 bits per heavy atom. The topological polar surface area (TPSA) is 64.7 Å². The van der Waals surface area contributed by atoms with Gasteiger partial charge in [-0.3, -0.25) is 4.79 Å². The van der Waals surface area contributed by atoms with Gasteiger partial charge in [0.15, 0.2) is 0 Å². The molecule has 0 fully saturated rings. The molecule has 9 heteroatoms. The number of oxime groups is 1. The van der Waals surface area contributed by atoms with E-state index in [2.05, 4.69) is 9.99 Å². The summed E-state index contributed by atoms with van der Waals surface area (Å²) < 4.78 is 60.6. The first kappa shape index (κ1) is 15.9. The molecule has 0 aliphatic carbocycles. The van der Waals surface area contributed by atoms with Gasteiger partial charge in [0.25, 0.3) is 5.91 Å². The minimum absolute atomic E-state index is 0.174. The lowest BCUT2D eigenvalue weighted by Crippen LogP contribution is -2.38. The Morgan fingerprint density at radius 2 is 1.75 bits per heavy atom. The van der Waals surface area contributed by atoms with Crippen LogP contribution in [0.1, 0.15) is 11.7 Å². The Hall–Kier alpha value is -2.19. The molecule has 1 unspecified atom stereocenters. The van der Waals surface area contributed by atoms with Gasteiger partial charge in [-0.2, -0.15) is 22.0 Å². The molecule has 0 heterocycles. The van der Waals surface area contributed by atoms with Crippen molar-refractivity contribution in [3.05, 3.63) is 35.9 Å². The van der Waals surface area contributed by atoms with Gasteiger partial charge >= 0.3 is 12.1 Å². The number of nitrogens with zero attached hydrogens (tertiary/aromatic N) is 1. The van der Waals surface area contributed by atoms with Crippen molar-refractivity contribution in [1.29, 1.82) is 0 Å². The van der Waals surface area contributed by atoms with E-state index in [4.69, 9.17) is 5.73 Å². The molecule has 0 saturated heterocycles. The van der Waals surface area contributed by atoms with Crippen LogP contribution in [0, 0.1) is 0 Å². The predicted octanol–water partition coefficient (Wildman–Crippen LogP) is 2.41. The van der Waals surface area contributed by atoms with Crippen molar-refractivity contribution < 1.29 is 31.6 Å². The number of rotatable bonds is 5. The molecule has 0 spiro atoms. The largest absolute Gasteiger partial charge is 0.459 e. The Labute approximate surface area is 110 Å². The minimum atomic E-state index is -5.80. The van der Waals surface area contributed by atoms with Crippen LogP contribution in [-0.4, -0.2) is 24.2 Å². The normalized spacial score (nSPS) is 14.2. The first-order chi connectivity index (χ1) is 9.15. The molecule has 110 valence electrons. The third-order valence-corrected chi connectivity index (χ3v) is 2.12. The van der Waals surface area contributed by atoms with Crippen molar-refractivity contribution in [3.63, 3.8) is 0 Å². The van der Waals surface area contributed by atoms with E-state index < -0.39 is 30.3 Å². The molecule has 1 amide bonds. The van der Waals surface area contributed by atoms with Crippen molar-refractivity contribution in [2.75, 3.05) is 0 Å². The van der Waals surface area contributed by atoms with Crippen molar-refractivity contribution in [1.82, 2.24) is 0 Å². The summed E-state index contributed by atoms with van der Waals surface area (Å²) in [6.07, 6.45) is -8.09. The zero-order valence-electron chi connectivity index (χ0n) is 9.77. The quantitative estimate of drug-likeness (QED) is 0.515.